The van der Waals surface area contributed by atoms with Gasteiger partial charge in [0.05, 0.1) is 41.7 Å². The number of carbonyl (C=O) groups is 5. The first-order valence-corrected chi connectivity index (χ1v) is 20.7. The zero-order valence-corrected chi connectivity index (χ0v) is 32.9. The van der Waals surface area contributed by atoms with E-state index in [0.717, 1.165) is 86.8 Å². The summed E-state index contributed by atoms with van der Waals surface area (Å²) in [5.74, 6) is -1.08. The maximum atomic E-state index is 13.6. The molecule has 3 aromatic heterocycles. The highest BCUT2D eigenvalue weighted by Gasteiger charge is 2.48. The molecule has 16 nitrogen and oxygen atoms in total. The Kier molecular flexibility index (Phi) is 9.18. The zero-order valence-electron chi connectivity index (χ0n) is 32.9. The fourth-order valence-corrected chi connectivity index (χ4v) is 10.2. The molecule has 1 unspecified atom stereocenters. The summed E-state index contributed by atoms with van der Waals surface area (Å²) in [5, 5.41) is 18.9. The maximum absolute atomic E-state index is 13.6. The first kappa shape index (κ1) is 37.1. The molecule has 3 N–H and O–H groups in total. The standard InChI is InChI=1S/C43H46N10O6/c1-59-35-19-32-26(18-33(35)47-39(55)30-22-45-51-15-3-14-44-38(30)51)24-52(49-32)28-8-6-25(7-9-28)23-50-16-12-43(13-17-50)20-27(21-43)46-31-5-2-4-29-37(31)42(58)53(41(29)57)34-10-11-36(54)48-40(34)56/h2-5,14-15,18-19,22,24-25,27-28,34,46H,6-13,16-17,20-21,23H2,1H3,(H,47,55)(H,48,54,56). The number of ether oxygens (including phenoxy) is 1. The molecular weight excluding hydrogens is 753 g/mol. The van der Waals surface area contributed by atoms with Gasteiger partial charge in [0.15, 0.2) is 5.65 Å². The van der Waals surface area contributed by atoms with E-state index in [1.54, 1.807) is 42.2 Å². The highest BCUT2D eigenvalue weighted by atomic mass is 16.5. The van der Waals surface area contributed by atoms with Crippen molar-refractivity contribution in [2.75, 3.05) is 37.4 Å². The third-order valence-corrected chi connectivity index (χ3v) is 13.4. The Morgan fingerprint density at radius 1 is 0.983 bits per heavy atom. The Morgan fingerprint density at radius 2 is 1.80 bits per heavy atom. The van der Waals surface area contributed by atoms with E-state index in [4.69, 9.17) is 9.84 Å². The van der Waals surface area contributed by atoms with Crippen molar-refractivity contribution in [2.45, 2.75) is 82.3 Å². The van der Waals surface area contributed by atoms with Crippen LogP contribution in [0.2, 0.25) is 0 Å². The van der Waals surface area contributed by atoms with Crippen LogP contribution in [0.15, 0.2) is 61.2 Å². The normalized spacial score (nSPS) is 23.4. The molecule has 0 bridgehead atoms. The van der Waals surface area contributed by atoms with Crippen LogP contribution in [0.5, 0.6) is 5.75 Å². The lowest BCUT2D eigenvalue weighted by molar-refractivity contribution is -0.136. The van der Waals surface area contributed by atoms with Gasteiger partial charge < -0.3 is 20.3 Å². The van der Waals surface area contributed by atoms with Crippen molar-refractivity contribution in [3.63, 3.8) is 0 Å². The van der Waals surface area contributed by atoms with Crippen molar-refractivity contribution in [3.8, 4) is 5.75 Å². The molecule has 5 amide bonds. The lowest BCUT2D eigenvalue weighted by Crippen LogP contribution is -2.54. The minimum Gasteiger partial charge on any atom is -0.494 e. The Bertz CT molecular complexity index is 2520. The van der Waals surface area contributed by atoms with Crippen LogP contribution in [0.1, 0.15) is 101 Å². The maximum Gasteiger partial charge on any atom is 0.264 e. The molecule has 3 aliphatic heterocycles. The van der Waals surface area contributed by atoms with E-state index in [1.165, 1.54) is 6.20 Å². The molecule has 5 aliphatic rings. The van der Waals surface area contributed by atoms with Crippen molar-refractivity contribution in [1.29, 1.82) is 0 Å². The third kappa shape index (κ3) is 6.68. The molecule has 2 aromatic carbocycles. The number of nitrogens with zero attached hydrogens (tertiary/aromatic N) is 7. The summed E-state index contributed by atoms with van der Waals surface area (Å²) in [6, 6.07) is 10.4. The third-order valence-electron chi connectivity index (χ3n) is 13.4. The van der Waals surface area contributed by atoms with Gasteiger partial charge in [-0.2, -0.15) is 10.2 Å². The predicted molar refractivity (Wildman–Crippen MR) is 216 cm³/mol. The smallest absolute Gasteiger partial charge is 0.264 e. The van der Waals surface area contributed by atoms with Crippen LogP contribution in [0.3, 0.4) is 0 Å². The molecule has 16 heteroatoms. The van der Waals surface area contributed by atoms with Crippen LogP contribution < -0.4 is 20.7 Å². The Morgan fingerprint density at radius 3 is 2.58 bits per heavy atom. The number of imide groups is 2. The lowest BCUT2D eigenvalue weighted by atomic mass is 9.60. The first-order chi connectivity index (χ1) is 28.6. The molecule has 2 aliphatic carbocycles. The number of piperidine rings is 2. The van der Waals surface area contributed by atoms with Gasteiger partial charge in [-0.3, -0.25) is 38.9 Å². The highest BCUT2D eigenvalue weighted by Crippen LogP contribution is 2.51. The molecule has 2 saturated heterocycles. The molecule has 5 aromatic rings. The molecule has 1 atom stereocenters. The molecule has 59 heavy (non-hydrogen) atoms. The molecule has 0 radical (unpaired) electrons. The van der Waals surface area contributed by atoms with Gasteiger partial charge in [0.2, 0.25) is 11.8 Å². The number of rotatable bonds is 9. The summed E-state index contributed by atoms with van der Waals surface area (Å²) in [6.07, 6.45) is 16.0. The van der Waals surface area contributed by atoms with Crippen LogP contribution in [0.4, 0.5) is 11.4 Å². The van der Waals surface area contributed by atoms with E-state index >= 15 is 0 Å². The van der Waals surface area contributed by atoms with Crippen molar-refractivity contribution in [3.05, 3.63) is 77.9 Å². The fraction of sp³-hybridized carbons (Fsp3) is 0.442. The number of methoxy groups -OCH3 is 1. The van der Waals surface area contributed by atoms with Crippen LogP contribution >= 0.6 is 0 Å². The van der Waals surface area contributed by atoms with Crippen molar-refractivity contribution in [1.82, 2.24) is 39.5 Å². The summed E-state index contributed by atoms with van der Waals surface area (Å²) >= 11 is 0. The van der Waals surface area contributed by atoms with Gasteiger partial charge in [0.1, 0.15) is 17.4 Å². The second kappa shape index (κ2) is 14.6. The average molecular weight is 799 g/mol. The van der Waals surface area contributed by atoms with E-state index in [0.29, 0.717) is 56.8 Å². The number of hydrogen-bond acceptors (Lipinski definition) is 11. The average Bonchev–Trinajstić information content (AvgIpc) is 3.92. The summed E-state index contributed by atoms with van der Waals surface area (Å²) in [5.41, 5.74) is 3.80. The van der Waals surface area contributed by atoms with Crippen LogP contribution in [-0.2, 0) is 9.59 Å². The number of carbonyl (C=O) groups excluding carboxylic acids is 5. The van der Waals surface area contributed by atoms with Gasteiger partial charge in [0.25, 0.3) is 17.7 Å². The quantitative estimate of drug-likeness (QED) is 0.174. The van der Waals surface area contributed by atoms with Crippen LogP contribution in [0, 0.1) is 11.3 Å². The summed E-state index contributed by atoms with van der Waals surface area (Å²) in [6.45, 7) is 3.28. The molecule has 304 valence electrons. The largest absolute Gasteiger partial charge is 0.494 e. The number of aromatic nitrogens is 5. The molecule has 10 rings (SSSR count). The number of hydrogen-bond donors (Lipinski definition) is 3. The van der Waals surface area contributed by atoms with Crippen molar-refractivity contribution < 1.29 is 28.7 Å². The first-order valence-electron chi connectivity index (χ1n) is 20.7. The van der Waals surface area contributed by atoms with E-state index in [-0.39, 0.29) is 30.7 Å². The summed E-state index contributed by atoms with van der Waals surface area (Å²) < 4.78 is 9.31. The fourth-order valence-electron chi connectivity index (χ4n) is 10.2. The van der Waals surface area contributed by atoms with Crippen LogP contribution in [-0.4, -0.2) is 103 Å². The second-order valence-corrected chi connectivity index (χ2v) is 17.0. The number of likely N-dealkylation sites (tertiary alicyclic amines) is 1. The molecule has 1 spiro atoms. The molecule has 6 heterocycles. The Balaban J connectivity index is 0.704. The van der Waals surface area contributed by atoms with Gasteiger partial charge in [-0.1, -0.05) is 6.07 Å². The number of amides is 5. The monoisotopic (exact) mass is 798 g/mol. The summed E-state index contributed by atoms with van der Waals surface area (Å²) in [7, 11) is 1.59. The molecule has 2 saturated carbocycles. The van der Waals surface area contributed by atoms with Gasteiger partial charge in [-0.05, 0) is 106 Å². The Hall–Kier alpha value is -6.16. The van der Waals surface area contributed by atoms with Crippen LogP contribution in [0.25, 0.3) is 16.6 Å². The number of fused-ring (bicyclic) bond motifs is 3. The highest BCUT2D eigenvalue weighted by molar-refractivity contribution is 6.25. The number of nitrogens with one attached hydrogen (secondary N) is 3. The lowest BCUT2D eigenvalue weighted by Gasteiger charge is -2.53. The zero-order chi connectivity index (χ0) is 40.4. The topological polar surface area (TPSA) is 185 Å². The van der Waals surface area contributed by atoms with E-state index in [2.05, 4.69) is 41.8 Å². The predicted octanol–water partition coefficient (Wildman–Crippen LogP) is 4.83. The second-order valence-electron chi connectivity index (χ2n) is 17.0. The molecular formula is C43H46N10O6. The van der Waals surface area contributed by atoms with E-state index in [1.807, 2.05) is 18.2 Å². The number of anilines is 2. The minimum atomic E-state index is -0.977. The van der Waals surface area contributed by atoms with Crippen molar-refractivity contribution in [2.24, 2.45) is 11.3 Å². The van der Waals surface area contributed by atoms with E-state index in [9.17, 15) is 24.0 Å². The minimum absolute atomic E-state index is 0.0935. The van der Waals surface area contributed by atoms with E-state index < -0.39 is 23.8 Å². The summed E-state index contributed by atoms with van der Waals surface area (Å²) in [4.78, 5) is 72.3. The van der Waals surface area contributed by atoms with Gasteiger partial charge in [-0.15, -0.1) is 0 Å². The molecule has 4 fully saturated rings. The number of benzene rings is 2. The van der Waals surface area contributed by atoms with Crippen molar-refractivity contribution >= 4 is 57.5 Å². The van der Waals surface area contributed by atoms with Gasteiger partial charge >= 0.3 is 0 Å². The van der Waals surface area contributed by atoms with Gasteiger partial charge in [-0.25, -0.2) is 9.50 Å². The van der Waals surface area contributed by atoms with Gasteiger partial charge in [0, 0.05) is 54.7 Å². The SMILES string of the molecule is COc1cc2nn(C3CCC(CN4CCC5(CC4)CC(Nc4cccc6c4C(=O)N(C4CCC(=O)NC4=O)C6=O)C5)CC3)cc2cc1NC(=O)c1cnn2cccnc12. The Labute approximate surface area is 339 Å².